The number of benzene rings is 1. The zero-order chi connectivity index (χ0) is 12.5. The molecular weight excluding hydrogens is 218 g/mol. The standard InChI is InChI=1S/C17H16N/c1-13-7-9-15(10-8-13)17-16-6-4-3-5-14(16)11-12-18(17)2/h3-5,7-12H,2,6H2,1H3/q+1. The second-order valence-corrected chi connectivity index (χ2v) is 4.73. The minimum absolute atomic E-state index is 0.978. The van der Waals surface area contributed by atoms with Crippen LogP contribution in [0.5, 0.6) is 0 Å². The molecule has 0 fully saturated rings. The van der Waals surface area contributed by atoms with Crippen LogP contribution in [-0.2, 0) is 6.42 Å². The quantitative estimate of drug-likeness (QED) is 0.669. The number of aryl methyl sites for hydroxylation is 1. The molecule has 0 aliphatic heterocycles. The van der Waals surface area contributed by atoms with Crippen LogP contribution < -0.4 is 9.46 Å². The summed E-state index contributed by atoms with van der Waals surface area (Å²) in [6.07, 6.45) is 9.49. The van der Waals surface area contributed by atoms with Gasteiger partial charge in [-0.15, -0.1) is 0 Å². The molecule has 2 aromatic rings. The van der Waals surface area contributed by atoms with Crippen molar-refractivity contribution < 1.29 is 4.24 Å². The minimum Gasteiger partial charge on any atom is -0.173 e. The Labute approximate surface area is 107 Å². The van der Waals surface area contributed by atoms with Crippen LogP contribution in [0, 0.1) is 13.6 Å². The van der Waals surface area contributed by atoms with Gasteiger partial charge in [0, 0.05) is 17.2 Å². The van der Waals surface area contributed by atoms with E-state index in [0.29, 0.717) is 0 Å². The largest absolute Gasteiger partial charge is 0.221 e. The maximum atomic E-state index is 4.11. The predicted octanol–water partition coefficient (Wildman–Crippen LogP) is 2.48. The van der Waals surface area contributed by atoms with Gasteiger partial charge in [-0.2, -0.15) is 4.24 Å². The van der Waals surface area contributed by atoms with Crippen LogP contribution in [0.1, 0.15) is 11.1 Å². The number of rotatable bonds is 1. The van der Waals surface area contributed by atoms with Gasteiger partial charge in [0.15, 0.2) is 6.20 Å². The summed E-state index contributed by atoms with van der Waals surface area (Å²) in [6, 6.07) is 10.8. The highest BCUT2D eigenvalue weighted by atomic mass is 14.8. The molecule has 0 amide bonds. The van der Waals surface area contributed by atoms with Gasteiger partial charge < -0.3 is 0 Å². The van der Waals surface area contributed by atoms with Crippen molar-refractivity contribution in [2.24, 2.45) is 0 Å². The van der Waals surface area contributed by atoms with E-state index in [1.807, 2.05) is 10.4 Å². The van der Waals surface area contributed by atoms with Crippen LogP contribution in [-0.4, -0.2) is 0 Å². The highest BCUT2D eigenvalue weighted by Gasteiger charge is 2.15. The molecule has 1 aliphatic rings. The molecule has 1 aromatic heterocycles. The summed E-state index contributed by atoms with van der Waals surface area (Å²) in [5, 5.41) is 1.30. The van der Waals surface area contributed by atoms with Gasteiger partial charge in [0.2, 0.25) is 5.69 Å². The highest BCUT2D eigenvalue weighted by Crippen LogP contribution is 2.19. The van der Waals surface area contributed by atoms with Crippen molar-refractivity contribution in [2.45, 2.75) is 13.3 Å². The minimum atomic E-state index is 0.978. The lowest BCUT2D eigenvalue weighted by Gasteiger charge is -2.06. The molecule has 1 aromatic carbocycles. The summed E-state index contributed by atoms with van der Waals surface area (Å²) in [5.41, 5.74) is 5.09. The molecule has 0 saturated carbocycles. The van der Waals surface area contributed by atoms with Crippen molar-refractivity contribution in [1.29, 1.82) is 0 Å². The average molecular weight is 234 g/mol. The maximum Gasteiger partial charge on any atom is 0.221 e. The second kappa shape index (κ2) is 4.26. The van der Waals surface area contributed by atoms with E-state index in [9.17, 15) is 0 Å². The van der Waals surface area contributed by atoms with E-state index < -0.39 is 0 Å². The van der Waals surface area contributed by atoms with Crippen molar-refractivity contribution in [1.82, 2.24) is 0 Å². The molecule has 0 radical (unpaired) electrons. The topological polar surface area (TPSA) is 5.90 Å². The molecule has 0 unspecified atom stereocenters. The first-order valence-electron chi connectivity index (χ1n) is 6.21. The van der Waals surface area contributed by atoms with Crippen molar-refractivity contribution >= 4 is 6.08 Å². The van der Waals surface area contributed by atoms with Crippen molar-refractivity contribution in [3.63, 3.8) is 0 Å². The second-order valence-electron chi connectivity index (χ2n) is 4.73. The summed E-state index contributed by atoms with van der Waals surface area (Å²) >= 11 is 0. The molecular formula is C17H16N+. The third-order valence-electron chi connectivity index (χ3n) is 3.41. The molecule has 0 saturated heterocycles. The summed E-state index contributed by atoms with van der Waals surface area (Å²) in [6.45, 7) is 6.22. The lowest BCUT2D eigenvalue weighted by molar-refractivity contribution is -0.486. The van der Waals surface area contributed by atoms with E-state index >= 15 is 0 Å². The Morgan fingerprint density at radius 2 is 1.89 bits per heavy atom. The Balaban J connectivity index is 2.30. The molecule has 1 nitrogen and oxygen atoms in total. The molecule has 0 N–H and O–H groups in total. The molecule has 1 aliphatic carbocycles. The van der Waals surface area contributed by atoms with Crippen LogP contribution in [0.15, 0.2) is 48.7 Å². The van der Waals surface area contributed by atoms with E-state index in [1.165, 1.54) is 27.6 Å². The number of nitrogens with zero attached hydrogens (tertiary/aromatic N) is 1. The lowest BCUT2D eigenvalue weighted by Crippen LogP contribution is -2.26. The Hall–Kier alpha value is -2.15. The molecule has 0 atom stereocenters. The smallest absolute Gasteiger partial charge is 0.173 e. The average Bonchev–Trinajstić information content (AvgIpc) is 2.40. The van der Waals surface area contributed by atoms with Crippen molar-refractivity contribution in [3.8, 4) is 11.3 Å². The SMILES string of the molecule is C=[n+]1ccc2c(c1-c1ccc(C)cc1)CC=CC=2. The third-order valence-corrected chi connectivity index (χ3v) is 3.41. The van der Waals surface area contributed by atoms with Crippen LogP contribution in [0.4, 0.5) is 0 Å². The van der Waals surface area contributed by atoms with Crippen molar-refractivity contribution in [3.05, 3.63) is 71.7 Å². The van der Waals surface area contributed by atoms with Gasteiger partial charge in [0.05, 0.1) is 0 Å². The van der Waals surface area contributed by atoms with Gasteiger partial charge in [-0.1, -0.05) is 35.9 Å². The first-order chi connectivity index (χ1) is 8.75. The molecule has 0 bridgehead atoms. The molecule has 0 spiro atoms. The van der Waals surface area contributed by atoms with Gasteiger partial charge in [-0.3, -0.25) is 0 Å². The maximum absolute atomic E-state index is 4.11. The summed E-state index contributed by atoms with van der Waals surface area (Å²) in [4.78, 5) is 0. The van der Waals surface area contributed by atoms with E-state index in [1.54, 1.807) is 0 Å². The van der Waals surface area contributed by atoms with E-state index in [0.717, 1.165) is 6.42 Å². The molecule has 1 heterocycles. The van der Waals surface area contributed by atoms with Gasteiger partial charge in [0.25, 0.3) is 0 Å². The van der Waals surface area contributed by atoms with Crippen molar-refractivity contribution in [2.75, 3.05) is 0 Å². The predicted molar refractivity (Wildman–Crippen MR) is 74.5 cm³/mol. The van der Waals surface area contributed by atoms with Gasteiger partial charge in [-0.25, -0.2) is 0 Å². The normalized spacial score (nSPS) is 12.9. The van der Waals surface area contributed by atoms with Gasteiger partial charge >= 0.3 is 0 Å². The monoisotopic (exact) mass is 234 g/mol. The molecule has 18 heavy (non-hydrogen) atoms. The number of fused-ring (bicyclic) bond motifs is 1. The molecule has 1 heteroatoms. The van der Waals surface area contributed by atoms with Crippen LogP contribution in [0.2, 0.25) is 0 Å². The Morgan fingerprint density at radius 1 is 1.11 bits per heavy atom. The zero-order valence-electron chi connectivity index (χ0n) is 10.6. The number of allylic oxidation sites excluding steroid dienone is 2. The number of hydrogen-bond acceptors (Lipinski definition) is 0. The Morgan fingerprint density at radius 3 is 2.67 bits per heavy atom. The Kier molecular flexibility index (Phi) is 2.60. The number of hydrogen-bond donors (Lipinski definition) is 0. The Bertz CT molecular complexity index is 721. The van der Waals surface area contributed by atoms with Crippen LogP contribution >= 0.6 is 0 Å². The summed E-state index contributed by atoms with van der Waals surface area (Å²) in [7, 11) is 0. The fraction of sp³-hybridized carbons (Fsp3) is 0.118. The van der Waals surface area contributed by atoms with E-state index in [-0.39, 0.29) is 0 Å². The van der Waals surface area contributed by atoms with Gasteiger partial charge in [-0.05, 0) is 30.7 Å². The van der Waals surface area contributed by atoms with Crippen LogP contribution in [0.25, 0.3) is 17.3 Å². The third kappa shape index (κ3) is 1.78. The molecule has 3 rings (SSSR count). The van der Waals surface area contributed by atoms with Crippen LogP contribution in [0.3, 0.4) is 0 Å². The zero-order valence-corrected chi connectivity index (χ0v) is 10.6. The summed E-state index contributed by atoms with van der Waals surface area (Å²) in [5.74, 6) is 0. The fourth-order valence-corrected chi connectivity index (χ4v) is 2.44. The number of aromatic nitrogens is 1. The van der Waals surface area contributed by atoms with Gasteiger partial charge in [0.1, 0.15) is 6.72 Å². The summed E-state index contributed by atoms with van der Waals surface area (Å²) < 4.78 is 1.97. The molecule has 88 valence electrons. The lowest BCUT2D eigenvalue weighted by atomic mass is 9.98. The van der Waals surface area contributed by atoms with E-state index in [4.69, 9.17) is 0 Å². The first kappa shape index (κ1) is 11.0. The highest BCUT2D eigenvalue weighted by molar-refractivity contribution is 5.63. The first-order valence-corrected chi connectivity index (χ1v) is 6.21. The fourth-order valence-electron chi connectivity index (χ4n) is 2.44. The van der Waals surface area contributed by atoms with E-state index in [2.05, 4.69) is 62.2 Å². The number of pyridine rings is 1.